The maximum atomic E-state index is 11.9. The third-order valence-electron chi connectivity index (χ3n) is 3.37. The Morgan fingerprint density at radius 2 is 1.76 bits per heavy atom. The zero-order valence-electron chi connectivity index (χ0n) is 13.1. The molecular formula is C15H25NO5. The van der Waals surface area contributed by atoms with Gasteiger partial charge in [0.15, 0.2) is 0 Å². The number of likely N-dealkylation sites (tertiary alicyclic amines) is 1. The second kappa shape index (κ2) is 8.64. The van der Waals surface area contributed by atoms with E-state index >= 15 is 0 Å². The maximum absolute atomic E-state index is 11.9. The predicted octanol–water partition coefficient (Wildman–Crippen LogP) is 2.01. The lowest BCUT2D eigenvalue weighted by molar-refractivity contribution is -0.146. The molecule has 6 nitrogen and oxygen atoms in total. The molecule has 0 unspecified atom stereocenters. The fourth-order valence-electron chi connectivity index (χ4n) is 2.21. The summed E-state index contributed by atoms with van der Waals surface area (Å²) < 4.78 is 9.94. The van der Waals surface area contributed by atoms with E-state index in [0.717, 1.165) is 0 Å². The van der Waals surface area contributed by atoms with E-state index in [1.54, 1.807) is 11.8 Å². The number of Topliss-reactive ketones (excluding diaryl/α,β-unsaturated/α-hetero) is 1. The van der Waals surface area contributed by atoms with E-state index in [9.17, 15) is 14.4 Å². The van der Waals surface area contributed by atoms with E-state index in [-0.39, 0.29) is 30.8 Å². The molecule has 0 aliphatic carbocycles. The van der Waals surface area contributed by atoms with Gasteiger partial charge in [-0.2, -0.15) is 0 Å². The summed E-state index contributed by atoms with van der Waals surface area (Å²) in [7, 11) is 0. The maximum Gasteiger partial charge on any atom is 0.409 e. The van der Waals surface area contributed by atoms with E-state index in [4.69, 9.17) is 9.47 Å². The van der Waals surface area contributed by atoms with Gasteiger partial charge in [-0.3, -0.25) is 9.59 Å². The monoisotopic (exact) mass is 299 g/mol. The highest BCUT2D eigenvalue weighted by Crippen LogP contribution is 2.20. The Bertz CT molecular complexity index is 372. The van der Waals surface area contributed by atoms with E-state index in [0.29, 0.717) is 38.5 Å². The van der Waals surface area contributed by atoms with Crippen LogP contribution in [-0.4, -0.2) is 49.0 Å². The van der Waals surface area contributed by atoms with Crippen molar-refractivity contribution in [1.29, 1.82) is 0 Å². The van der Waals surface area contributed by atoms with Crippen LogP contribution < -0.4 is 0 Å². The van der Waals surface area contributed by atoms with Crippen molar-refractivity contribution in [1.82, 2.24) is 4.90 Å². The van der Waals surface area contributed by atoms with Crippen molar-refractivity contribution in [3.05, 3.63) is 0 Å². The van der Waals surface area contributed by atoms with Crippen LogP contribution in [-0.2, 0) is 19.1 Å². The smallest absolute Gasteiger partial charge is 0.409 e. The first-order valence-corrected chi connectivity index (χ1v) is 7.54. The van der Waals surface area contributed by atoms with Gasteiger partial charge >= 0.3 is 12.1 Å². The lowest BCUT2D eigenvalue weighted by Crippen LogP contribution is -2.41. The molecule has 1 saturated heterocycles. The quantitative estimate of drug-likeness (QED) is 0.554. The molecule has 0 saturated carbocycles. The van der Waals surface area contributed by atoms with E-state index < -0.39 is 5.97 Å². The third kappa shape index (κ3) is 6.14. The molecule has 0 bridgehead atoms. The SMILES string of the molecule is CCOC(=O)CC(=O)C1CCN(C(=O)OCC(C)C)CC1. The summed E-state index contributed by atoms with van der Waals surface area (Å²) in [5.74, 6) is -0.425. The van der Waals surface area contributed by atoms with Gasteiger partial charge in [-0.15, -0.1) is 0 Å². The Labute approximate surface area is 125 Å². The van der Waals surface area contributed by atoms with Crippen LogP contribution in [0.15, 0.2) is 0 Å². The summed E-state index contributed by atoms with van der Waals surface area (Å²) in [6.45, 7) is 7.35. The molecule has 1 amide bonds. The topological polar surface area (TPSA) is 72.9 Å². The van der Waals surface area contributed by atoms with Crippen LogP contribution in [0.4, 0.5) is 4.79 Å². The standard InChI is InChI=1S/C15H25NO5/c1-4-20-14(18)9-13(17)12-5-7-16(8-6-12)15(19)21-10-11(2)3/h11-12H,4-10H2,1-3H3. The molecule has 1 heterocycles. The van der Waals surface area contributed by atoms with Crippen LogP contribution in [0.1, 0.15) is 40.0 Å². The minimum Gasteiger partial charge on any atom is -0.466 e. The molecular weight excluding hydrogens is 274 g/mol. The molecule has 0 atom stereocenters. The summed E-state index contributed by atoms with van der Waals surface area (Å²) >= 11 is 0. The number of amides is 1. The van der Waals surface area contributed by atoms with Crippen molar-refractivity contribution in [2.24, 2.45) is 11.8 Å². The Morgan fingerprint density at radius 1 is 1.14 bits per heavy atom. The van der Waals surface area contributed by atoms with Gasteiger partial charge in [0.2, 0.25) is 0 Å². The van der Waals surface area contributed by atoms with Crippen molar-refractivity contribution in [3.63, 3.8) is 0 Å². The normalized spacial score (nSPS) is 15.9. The molecule has 0 spiro atoms. The molecule has 1 rings (SSSR count). The minimum atomic E-state index is -0.471. The number of esters is 1. The lowest BCUT2D eigenvalue weighted by Gasteiger charge is -2.30. The number of piperidine rings is 1. The van der Waals surface area contributed by atoms with Gasteiger partial charge < -0.3 is 14.4 Å². The largest absolute Gasteiger partial charge is 0.466 e. The van der Waals surface area contributed by atoms with Gasteiger partial charge in [-0.05, 0) is 25.7 Å². The zero-order chi connectivity index (χ0) is 15.8. The first kappa shape index (κ1) is 17.5. The number of carbonyl (C=O) groups excluding carboxylic acids is 3. The highest BCUT2D eigenvalue weighted by atomic mass is 16.6. The number of ether oxygens (including phenoxy) is 2. The molecule has 120 valence electrons. The number of hydrogen-bond acceptors (Lipinski definition) is 5. The van der Waals surface area contributed by atoms with E-state index in [2.05, 4.69) is 0 Å². The van der Waals surface area contributed by atoms with Crippen molar-refractivity contribution >= 4 is 17.8 Å². The second-order valence-corrected chi connectivity index (χ2v) is 5.68. The summed E-state index contributed by atoms with van der Waals surface area (Å²) in [4.78, 5) is 36.6. The van der Waals surface area contributed by atoms with Crippen LogP contribution in [0.5, 0.6) is 0 Å². The van der Waals surface area contributed by atoms with Crippen molar-refractivity contribution < 1.29 is 23.9 Å². The van der Waals surface area contributed by atoms with Gasteiger partial charge in [-0.1, -0.05) is 13.8 Å². The minimum absolute atomic E-state index is 0.0938. The lowest BCUT2D eigenvalue weighted by atomic mass is 9.91. The van der Waals surface area contributed by atoms with Gasteiger partial charge in [0, 0.05) is 19.0 Å². The molecule has 0 N–H and O–H groups in total. The molecule has 1 aliphatic rings. The molecule has 0 radical (unpaired) electrons. The second-order valence-electron chi connectivity index (χ2n) is 5.68. The highest BCUT2D eigenvalue weighted by Gasteiger charge is 2.29. The summed E-state index contributed by atoms with van der Waals surface area (Å²) in [5.41, 5.74) is 0. The van der Waals surface area contributed by atoms with Crippen molar-refractivity contribution in [2.45, 2.75) is 40.0 Å². The van der Waals surface area contributed by atoms with Gasteiger partial charge in [0.25, 0.3) is 0 Å². The van der Waals surface area contributed by atoms with Crippen LogP contribution >= 0.6 is 0 Å². The third-order valence-corrected chi connectivity index (χ3v) is 3.37. The average Bonchev–Trinajstić information content (AvgIpc) is 2.45. The molecule has 0 aromatic carbocycles. The fraction of sp³-hybridized carbons (Fsp3) is 0.800. The molecule has 1 fully saturated rings. The van der Waals surface area contributed by atoms with Crippen LogP contribution in [0.2, 0.25) is 0 Å². The number of carbonyl (C=O) groups is 3. The van der Waals surface area contributed by atoms with Crippen LogP contribution in [0, 0.1) is 11.8 Å². The molecule has 21 heavy (non-hydrogen) atoms. The van der Waals surface area contributed by atoms with E-state index in [1.165, 1.54) is 0 Å². The summed E-state index contributed by atoms with van der Waals surface area (Å²) in [5, 5.41) is 0. The average molecular weight is 299 g/mol. The van der Waals surface area contributed by atoms with Gasteiger partial charge in [0.05, 0.1) is 13.2 Å². The first-order valence-electron chi connectivity index (χ1n) is 7.54. The first-order chi connectivity index (χ1) is 9.93. The van der Waals surface area contributed by atoms with E-state index in [1.807, 2.05) is 13.8 Å². The highest BCUT2D eigenvalue weighted by molar-refractivity contribution is 5.96. The molecule has 0 aromatic heterocycles. The Kier molecular flexibility index (Phi) is 7.19. The number of hydrogen-bond donors (Lipinski definition) is 0. The zero-order valence-corrected chi connectivity index (χ0v) is 13.1. The van der Waals surface area contributed by atoms with Crippen LogP contribution in [0.3, 0.4) is 0 Å². The Morgan fingerprint density at radius 3 is 2.29 bits per heavy atom. The Hall–Kier alpha value is -1.59. The number of nitrogens with zero attached hydrogens (tertiary/aromatic N) is 1. The van der Waals surface area contributed by atoms with Gasteiger partial charge in [-0.25, -0.2) is 4.79 Å². The molecule has 6 heteroatoms. The predicted molar refractivity (Wildman–Crippen MR) is 76.7 cm³/mol. The number of rotatable bonds is 6. The summed E-state index contributed by atoms with van der Waals surface area (Å²) in [6, 6.07) is 0. The van der Waals surface area contributed by atoms with Crippen molar-refractivity contribution in [3.8, 4) is 0 Å². The molecule has 0 aromatic rings. The van der Waals surface area contributed by atoms with Crippen LogP contribution in [0.25, 0.3) is 0 Å². The fourth-order valence-corrected chi connectivity index (χ4v) is 2.21. The van der Waals surface area contributed by atoms with Gasteiger partial charge in [0.1, 0.15) is 12.2 Å². The number of ketones is 1. The molecule has 1 aliphatic heterocycles. The summed E-state index contributed by atoms with van der Waals surface area (Å²) in [6.07, 6.45) is 0.667. The Balaban J connectivity index is 2.32. The van der Waals surface area contributed by atoms with Crippen molar-refractivity contribution in [2.75, 3.05) is 26.3 Å².